The molecule has 2 aromatic rings. The number of benzene rings is 1. The molecule has 0 saturated heterocycles. The van der Waals surface area contributed by atoms with Crippen LogP contribution < -0.4 is 5.73 Å². The van der Waals surface area contributed by atoms with Crippen molar-refractivity contribution >= 4 is 17.5 Å². The molecule has 0 saturated carbocycles. The van der Waals surface area contributed by atoms with E-state index in [1.807, 2.05) is 6.07 Å². The fraction of sp³-hybridized carbons (Fsp3) is 0.320. The molecule has 1 aromatic heterocycles. The normalized spacial score (nSPS) is 28.1. The van der Waals surface area contributed by atoms with Gasteiger partial charge >= 0.3 is 0 Å². The van der Waals surface area contributed by atoms with E-state index in [0.29, 0.717) is 28.9 Å². The second-order valence-corrected chi connectivity index (χ2v) is 9.37. The van der Waals surface area contributed by atoms with Crippen molar-refractivity contribution in [1.82, 2.24) is 14.9 Å². The first kappa shape index (κ1) is 22.9. The number of likely N-dealkylation sites (N-methyl/N-ethyl adjacent to an activating group) is 1. The molecule has 5 N–H and O–H groups in total. The molecule has 0 spiro atoms. The Hall–Kier alpha value is -3.89. The van der Waals surface area contributed by atoms with Crippen molar-refractivity contribution in [3.05, 3.63) is 70.5 Å². The molecule has 0 bridgehead atoms. The number of ketones is 2. The second kappa shape index (κ2) is 7.82. The predicted octanol–water partition coefficient (Wildman–Crippen LogP) is 0.872. The first-order valence-electron chi connectivity index (χ1n) is 11.1. The number of fused-ring (bicyclic) bond motifs is 3. The van der Waals surface area contributed by atoms with Crippen LogP contribution in [0, 0.1) is 11.8 Å². The van der Waals surface area contributed by atoms with Crippen molar-refractivity contribution in [3.63, 3.8) is 0 Å². The van der Waals surface area contributed by atoms with Crippen LogP contribution in [-0.2, 0) is 16.0 Å². The molecule has 180 valence electrons. The molecule has 10 nitrogen and oxygen atoms in total. The Kier molecular flexibility index (Phi) is 5.11. The van der Waals surface area contributed by atoms with Crippen molar-refractivity contribution in [2.45, 2.75) is 24.5 Å². The van der Waals surface area contributed by atoms with Gasteiger partial charge in [-0.05, 0) is 44.5 Å². The average Bonchev–Trinajstić information content (AvgIpc) is 2.81. The molecular formula is C25H24N4O6. The molecule has 0 fully saturated rings. The highest BCUT2D eigenvalue weighted by molar-refractivity contribution is 6.24. The van der Waals surface area contributed by atoms with Gasteiger partial charge in [0.1, 0.15) is 17.1 Å². The van der Waals surface area contributed by atoms with Gasteiger partial charge in [-0.25, -0.2) is 9.97 Å². The van der Waals surface area contributed by atoms with Gasteiger partial charge in [-0.1, -0.05) is 18.2 Å². The van der Waals surface area contributed by atoms with Gasteiger partial charge in [-0.3, -0.25) is 19.3 Å². The van der Waals surface area contributed by atoms with E-state index in [0.717, 1.165) is 0 Å². The van der Waals surface area contributed by atoms with Crippen molar-refractivity contribution < 1.29 is 29.7 Å². The van der Waals surface area contributed by atoms with E-state index in [2.05, 4.69) is 9.97 Å². The summed E-state index contributed by atoms with van der Waals surface area (Å²) < 4.78 is 0. The summed E-state index contributed by atoms with van der Waals surface area (Å²) >= 11 is 0. The monoisotopic (exact) mass is 476 g/mol. The van der Waals surface area contributed by atoms with Gasteiger partial charge in [0.05, 0.1) is 6.04 Å². The fourth-order valence-electron chi connectivity index (χ4n) is 5.83. The number of amides is 1. The molecule has 1 aromatic carbocycles. The maximum Gasteiger partial charge on any atom is 0.255 e. The maximum atomic E-state index is 13.6. The molecule has 0 radical (unpaired) electrons. The number of allylic oxidation sites excluding steroid dienone is 1. The summed E-state index contributed by atoms with van der Waals surface area (Å²) in [6.45, 7) is 0. The standard InChI is InChI=1S/C25H24N4O6/c1-29(2)18-15-10-11-9-14-12(5-3-6-13(14)24-27-7-4-8-28-24)19(30)16(11)21(32)25(15,35)22(33)17(20(18)31)23(26)34/h3-8,11,15,18,31-32,35H,9-10H2,1-2H3,(H2,26,34)/t11?,15?,18-,25+/m1/s1. The molecule has 2 unspecified atom stereocenters. The van der Waals surface area contributed by atoms with Crippen LogP contribution in [0.25, 0.3) is 11.4 Å². The molecule has 0 aliphatic heterocycles. The number of hydrogen-bond donors (Lipinski definition) is 4. The summed E-state index contributed by atoms with van der Waals surface area (Å²) in [5.41, 5.74) is 3.62. The van der Waals surface area contributed by atoms with E-state index < -0.39 is 58.0 Å². The molecule has 1 heterocycles. The minimum atomic E-state index is -2.58. The Bertz CT molecular complexity index is 1350. The topological polar surface area (TPSA) is 167 Å². The Balaban J connectivity index is 1.71. The lowest BCUT2D eigenvalue weighted by molar-refractivity contribution is -0.148. The van der Waals surface area contributed by atoms with Crippen LogP contribution >= 0.6 is 0 Å². The number of nitrogens with two attached hydrogens (primary N) is 1. The van der Waals surface area contributed by atoms with Crippen LogP contribution in [0.5, 0.6) is 0 Å². The highest BCUT2D eigenvalue weighted by atomic mass is 16.3. The van der Waals surface area contributed by atoms with E-state index in [4.69, 9.17) is 5.73 Å². The van der Waals surface area contributed by atoms with Gasteiger partial charge in [0.15, 0.2) is 17.2 Å². The number of carbonyl (C=O) groups is 3. The summed E-state index contributed by atoms with van der Waals surface area (Å²) in [7, 11) is 3.22. The van der Waals surface area contributed by atoms with Crippen LogP contribution in [0.3, 0.4) is 0 Å². The highest BCUT2D eigenvalue weighted by Crippen LogP contribution is 2.52. The van der Waals surface area contributed by atoms with Crippen molar-refractivity contribution in [2.24, 2.45) is 17.6 Å². The third-order valence-corrected chi connectivity index (χ3v) is 7.32. The maximum absolute atomic E-state index is 13.6. The lowest BCUT2D eigenvalue weighted by atomic mass is 9.58. The minimum absolute atomic E-state index is 0.0709. The zero-order valence-electron chi connectivity index (χ0n) is 19.1. The van der Waals surface area contributed by atoms with Crippen LogP contribution in [0.4, 0.5) is 0 Å². The Morgan fingerprint density at radius 1 is 1.11 bits per heavy atom. The third kappa shape index (κ3) is 3.06. The number of hydrogen-bond acceptors (Lipinski definition) is 9. The van der Waals surface area contributed by atoms with Gasteiger partial charge in [-0.2, -0.15) is 0 Å². The van der Waals surface area contributed by atoms with Crippen molar-refractivity contribution in [3.8, 4) is 11.4 Å². The van der Waals surface area contributed by atoms with E-state index in [-0.39, 0.29) is 12.0 Å². The zero-order chi connectivity index (χ0) is 25.2. The number of primary amides is 1. The molecule has 35 heavy (non-hydrogen) atoms. The highest BCUT2D eigenvalue weighted by Gasteiger charge is 2.63. The van der Waals surface area contributed by atoms with Crippen LogP contribution in [-0.4, -0.2) is 73.4 Å². The lowest BCUT2D eigenvalue weighted by Gasteiger charge is -2.50. The Morgan fingerprint density at radius 2 is 1.77 bits per heavy atom. The van der Waals surface area contributed by atoms with E-state index in [1.54, 1.807) is 49.6 Å². The molecule has 4 atom stereocenters. The quantitative estimate of drug-likeness (QED) is 0.470. The summed E-state index contributed by atoms with van der Waals surface area (Å²) in [6, 6.07) is 5.80. The van der Waals surface area contributed by atoms with Crippen molar-refractivity contribution in [1.29, 1.82) is 0 Å². The summed E-state index contributed by atoms with van der Waals surface area (Å²) in [6.07, 6.45) is 3.62. The largest absolute Gasteiger partial charge is 0.510 e. The first-order chi connectivity index (χ1) is 16.6. The van der Waals surface area contributed by atoms with Gasteiger partial charge in [0.2, 0.25) is 5.78 Å². The SMILES string of the molecule is CN(C)[C@H]1C(O)=C(C(N)=O)C(=O)[C@@]2(O)C(O)=C3C(=O)c4cccc(-c5ncccn5)c4CC3CC12. The number of aromatic nitrogens is 2. The molecule has 3 aliphatic carbocycles. The number of nitrogens with zero attached hydrogens (tertiary/aromatic N) is 3. The third-order valence-electron chi connectivity index (χ3n) is 7.32. The van der Waals surface area contributed by atoms with Crippen LogP contribution in [0.1, 0.15) is 22.3 Å². The molecular weight excluding hydrogens is 452 g/mol. The van der Waals surface area contributed by atoms with Gasteiger partial charge in [0.25, 0.3) is 5.91 Å². The summed E-state index contributed by atoms with van der Waals surface area (Å²) in [5, 5.41) is 33.7. The average molecular weight is 476 g/mol. The zero-order valence-corrected chi connectivity index (χ0v) is 19.1. The molecule has 10 heteroatoms. The van der Waals surface area contributed by atoms with Crippen LogP contribution in [0.2, 0.25) is 0 Å². The predicted molar refractivity (Wildman–Crippen MR) is 123 cm³/mol. The molecule has 1 amide bonds. The van der Waals surface area contributed by atoms with Gasteiger partial charge in [0, 0.05) is 35.0 Å². The van der Waals surface area contributed by atoms with Crippen LogP contribution in [0.15, 0.2) is 59.3 Å². The molecule has 5 rings (SSSR count). The number of Topliss-reactive ketones (excluding diaryl/α,β-unsaturated/α-hetero) is 2. The lowest BCUT2D eigenvalue weighted by Crippen LogP contribution is -2.63. The van der Waals surface area contributed by atoms with Crippen molar-refractivity contribution in [2.75, 3.05) is 14.1 Å². The smallest absolute Gasteiger partial charge is 0.255 e. The number of rotatable bonds is 3. The van der Waals surface area contributed by atoms with Gasteiger partial charge < -0.3 is 21.1 Å². The Labute approximate surface area is 200 Å². The molecule has 3 aliphatic rings. The summed E-state index contributed by atoms with van der Waals surface area (Å²) in [4.78, 5) is 49.1. The van der Waals surface area contributed by atoms with E-state index in [9.17, 15) is 29.7 Å². The Morgan fingerprint density at radius 3 is 2.40 bits per heavy atom. The van der Waals surface area contributed by atoms with E-state index in [1.165, 1.54) is 0 Å². The minimum Gasteiger partial charge on any atom is -0.510 e. The fourth-order valence-corrected chi connectivity index (χ4v) is 5.83. The number of aliphatic hydroxyl groups is 3. The van der Waals surface area contributed by atoms with Gasteiger partial charge in [-0.15, -0.1) is 0 Å². The first-order valence-corrected chi connectivity index (χ1v) is 11.1. The summed E-state index contributed by atoms with van der Waals surface area (Å²) in [5.74, 6) is -5.44. The number of carbonyl (C=O) groups excluding carboxylic acids is 3. The number of aliphatic hydroxyl groups excluding tert-OH is 2. The van der Waals surface area contributed by atoms with E-state index >= 15 is 0 Å². The second-order valence-electron chi connectivity index (χ2n) is 9.37.